The Bertz CT molecular complexity index is 1590. The molecule has 0 saturated heterocycles. The number of ketones is 1. The van der Waals surface area contributed by atoms with Crippen molar-refractivity contribution in [1.29, 1.82) is 0 Å². The molecule has 5 rings (SSSR count). The molecule has 212 valence electrons. The highest BCUT2D eigenvalue weighted by Gasteiger charge is 2.35. The molecule has 0 aliphatic carbocycles. The Hall–Kier alpha value is -4.66. The lowest BCUT2D eigenvalue weighted by Gasteiger charge is -2.16. The van der Waals surface area contributed by atoms with Gasteiger partial charge in [-0.15, -0.1) is 0 Å². The summed E-state index contributed by atoms with van der Waals surface area (Å²) in [5, 5.41) is 0.608. The van der Waals surface area contributed by atoms with Crippen LogP contribution in [0.2, 0.25) is 0 Å². The minimum atomic E-state index is -0.662. The van der Waals surface area contributed by atoms with E-state index < -0.39 is 23.5 Å². The molecule has 1 aliphatic rings. The normalized spacial score (nSPS) is 12.6. The van der Waals surface area contributed by atoms with Crippen LogP contribution in [-0.2, 0) is 9.53 Å². The summed E-state index contributed by atoms with van der Waals surface area (Å²) in [5.74, 6) is -0.557. The first kappa shape index (κ1) is 27.9. The van der Waals surface area contributed by atoms with E-state index in [1.54, 1.807) is 44.4 Å². The molecule has 0 radical (unpaired) electrons. The van der Waals surface area contributed by atoms with E-state index in [2.05, 4.69) is 0 Å². The van der Waals surface area contributed by atoms with E-state index in [1.165, 1.54) is 17.0 Å². The molecule has 0 bridgehead atoms. The number of amides is 1. The number of benzene rings is 3. The number of esters is 1. The van der Waals surface area contributed by atoms with Gasteiger partial charge >= 0.3 is 5.97 Å². The molecule has 0 saturated carbocycles. The van der Waals surface area contributed by atoms with Gasteiger partial charge in [-0.3, -0.25) is 9.59 Å². The molecular weight excluding hydrogens is 529 g/mol. The van der Waals surface area contributed by atoms with Crippen molar-refractivity contribution >= 4 is 34.3 Å². The molecule has 1 amide bonds. The SMILES string of the molecule is CCOC(=O)c1c(-c2ccc(OC)cc2)oc2ccc(OCCCCCCN3C(=O)C(=O)c4cc(F)ccc43)cc12. The summed E-state index contributed by atoms with van der Waals surface area (Å²) in [6.07, 6.45) is 3.17. The van der Waals surface area contributed by atoms with Crippen molar-refractivity contribution in [2.45, 2.75) is 32.6 Å². The zero-order valence-corrected chi connectivity index (χ0v) is 22.9. The average molecular weight is 560 g/mol. The lowest BCUT2D eigenvalue weighted by Crippen LogP contribution is -2.30. The summed E-state index contributed by atoms with van der Waals surface area (Å²) >= 11 is 0. The minimum Gasteiger partial charge on any atom is -0.497 e. The van der Waals surface area contributed by atoms with Gasteiger partial charge in [0, 0.05) is 17.5 Å². The monoisotopic (exact) mass is 559 g/mol. The third-order valence-electron chi connectivity index (χ3n) is 6.97. The summed E-state index contributed by atoms with van der Waals surface area (Å²) in [7, 11) is 1.59. The topological polar surface area (TPSA) is 95.3 Å². The van der Waals surface area contributed by atoms with Crippen LogP contribution < -0.4 is 14.4 Å². The molecular formula is C32H30FNO7. The van der Waals surface area contributed by atoms with Crippen molar-refractivity contribution in [2.75, 3.05) is 31.8 Å². The Balaban J connectivity index is 1.18. The van der Waals surface area contributed by atoms with Crippen LogP contribution in [0.5, 0.6) is 11.5 Å². The van der Waals surface area contributed by atoms with Crippen LogP contribution in [-0.4, -0.2) is 44.5 Å². The second kappa shape index (κ2) is 12.2. The van der Waals surface area contributed by atoms with Gasteiger partial charge in [-0.25, -0.2) is 9.18 Å². The summed E-state index contributed by atoms with van der Waals surface area (Å²) in [4.78, 5) is 38.8. The number of ether oxygens (including phenoxy) is 3. The standard InChI is InChI=1S/C32H30FNO7/c1-3-39-32(37)28-25-19-23(13-15-27(25)41-30(28)20-8-11-22(38-2)12-9-20)40-17-7-5-4-6-16-34-26-14-10-21(33)18-24(26)29(35)31(34)36/h8-15,18-19H,3-7,16-17H2,1-2H3. The van der Waals surface area contributed by atoms with E-state index in [-0.39, 0.29) is 12.2 Å². The molecule has 4 aromatic rings. The summed E-state index contributed by atoms with van der Waals surface area (Å²) in [6.45, 7) is 2.85. The Morgan fingerprint density at radius 1 is 0.927 bits per heavy atom. The summed E-state index contributed by atoms with van der Waals surface area (Å²) < 4.78 is 36.1. The number of hydrogen-bond acceptors (Lipinski definition) is 7. The number of furan rings is 1. The van der Waals surface area contributed by atoms with E-state index in [0.717, 1.165) is 30.9 Å². The molecule has 0 spiro atoms. The quantitative estimate of drug-likeness (QED) is 0.110. The number of rotatable bonds is 12. The van der Waals surface area contributed by atoms with Gasteiger partial charge in [-0.2, -0.15) is 0 Å². The van der Waals surface area contributed by atoms with Crippen LogP contribution in [0.15, 0.2) is 65.1 Å². The first-order valence-electron chi connectivity index (χ1n) is 13.6. The van der Waals surface area contributed by atoms with Gasteiger partial charge in [0.2, 0.25) is 0 Å². The fraction of sp³-hybridized carbons (Fsp3) is 0.281. The molecule has 0 N–H and O–H groups in total. The van der Waals surface area contributed by atoms with Crippen LogP contribution in [0.3, 0.4) is 0 Å². The molecule has 0 fully saturated rings. The van der Waals surface area contributed by atoms with Crippen LogP contribution in [0.4, 0.5) is 10.1 Å². The number of carbonyl (C=O) groups excluding carboxylic acids is 3. The number of anilines is 1. The molecule has 2 heterocycles. The molecule has 1 aromatic heterocycles. The third-order valence-corrected chi connectivity index (χ3v) is 6.97. The van der Waals surface area contributed by atoms with Gasteiger partial charge in [0.05, 0.1) is 31.6 Å². The maximum atomic E-state index is 13.5. The number of methoxy groups -OCH3 is 1. The molecule has 1 aliphatic heterocycles. The Kier molecular flexibility index (Phi) is 8.33. The van der Waals surface area contributed by atoms with E-state index in [9.17, 15) is 18.8 Å². The molecule has 3 aromatic carbocycles. The van der Waals surface area contributed by atoms with Gasteiger partial charge < -0.3 is 23.5 Å². The maximum Gasteiger partial charge on any atom is 0.342 e. The summed E-state index contributed by atoms with van der Waals surface area (Å²) in [6, 6.07) is 16.5. The second-order valence-electron chi connectivity index (χ2n) is 9.62. The molecule has 0 atom stereocenters. The number of nitrogens with zero attached hydrogens (tertiary/aromatic N) is 1. The first-order valence-corrected chi connectivity index (χ1v) is 13.6. The number of unbranched alkanes of at least 4 members (excludes halogenated alkanes) is 3. The Morgan fingerprint density at radius 2 is 1.68 bits per heavy atom. The Labute approximate surface area is 236 Å². The number of Topliss-reactive ketones (excluding diaryl/α,β-unsaturated/α-hetero) is 1. The van der Waals surface area contributed by atoms with E-state index in [1.807, 2.05) is 12.1 Å². The molecule has 0 unspecified atom stereocenters. The van der Waals surface area contributed by atoms with Gasteiger partial charge in [0.25, 0.3) is 11.7 Å². The van der Waals surface area contributed by atoms with Crippen molar-refractivity contribution in [2.24, 2.45) is 0 Å². The summed E-state index contributed by atoms with van der Waals surface area (Å²) in [5.41, 5.74) is 2.21. The molecule has 41 heavy (non-hydrogen) atoms. The smallest absolute Gasteiger partial charge is 0.342 e. The van der Waals surface area contributed by atoms with Crippen LogP contribution in [0.1, 0.15) is 53.3 Å². The predicted octanol–water partition coefficient (Wildman–Crippen LogP) is 6.59. The van der Waals surface area contributed by atoms with E-state index >= 15 is 0 Å². The number of fused-ring (bicyclic) bond motifs is 2. The second-order valence-corrected chi connectivity index (χ2v) is 9.62. The van der Waals surface area contributed by atoms with Gasteiger partial charge in [0.15, 0.2) is 0 Å². The largest absolute Gasteiger partial charge is 0.497 e. The fourth-order valence-electron chi connectivity index (χ4n) is 4.93. The highest BCUT2D eigenvalue weighted by Crippen LogP contribution is 2.37. The lowest BCUT2D eigenvalue weighted by atomic mass is 10.1. The number of carbonyl (C=O) groups is 3. The fourth-order valence-corrected chi connectivity index (χ4v) is 4.93. The van der Waals surface area contributed by atoms with Crippen molar-refractivity contribution < 1.29 is 37.4 Å². The first-order chi connectivity index (χ1) is 19.9. The number of halogens is 1. The van der Waals surface area contributed by atoms with Gasteiger partial charge in [-0.05, 0) is 80.4 Å². The number of hydrogen-bond donors (Lipinski definition) is 0. The zero-order chi connectivity index (χ0) is 28.9. The average Bonchev–Trinajstić information content (AvgIpc) is 3.47. The van der Waals surface area contributed by atoms with Crippen LogP contribution in [0, 0.1) is 5.82 Å². The third kappa shape index (κ3) is 5.79. The van der Waals surface area contributed by atoms with Crippen molar-refractivity contribution in [3.63, 3.8) is 0 Å². The van der Waals surface area contributed by atoms with Gasteiger partial charge in [-0.1, -0.05) is 12.8 Å². The van der Waals surface area contributed by atoms with Crippen LogP contribution in [0.25, 0.3) is 22.3 Å². The predicted molar refractivity (Wildman–Crippen MR) is 151 cm³/mol. The Morgan fingerprint density at radius 3 is 2.44 bits per heavy atom. The van der Waals surface area contributed by atoms with Crippen molar-refractivity contribution in [3.05, 3.63) is 77.6 Å². The lowest BCUT2D eigenvalue weighted by molar-refractivity contribution is -0.114. The zero-order valence-electron chi connectivity index (χ0n) is 22.9. The van der Waals surface area contributed by atoms with Gasteiger partial charge in [0.1, 0.15) is 34.2 Å². The minimum absolute atomic E-state index is 0.125. The maximum absolute atomic E-state index is 13.5. The van der Waals surface area contributed by atoms with Crippen molar-refractivity contribution in [1.82, 2.24) is 0 Å². The van der Waals surface area contributed by atoms with Crippen molar-refractivity contribution in [3.8, 4) is 22.8 Å². The molecule has 8 nitrogen and oxygen atoms in total. The van der Waals surface area contributed by atoms with Crippen LogP contribution >= 0.6 is 0 Å². The molecule has 9 heteroatoms. The highest BCUT2D eigenvalue weighted by molar-refractivity contribution is 6.52. The van der Waals surface area contributed by atoms with E-state index in [0.29, 0.717) is 59.1 Å². The highest BCUT2D eigenvalue weighted by atomic mass is 19.1. The van der Waals surface area contributed by atoms with E-state index in [4.69, 9.17) is 18.6 Å².